The van der Waals surface area contributed by atoms with Gasteiger partial charge < -0.3 is 0 Å². The van der Waals surface area contributed by atoms with Gasteiger partial charge in [-0.25, -0.2) is 9.97 Å². The average Bonchev–Trinajstić information content (AvgIpc) is 2.43. The van der Waals surface area contributed by atoms with Crippen LogP contribution in [0.15, 0.2) is 30.5 Å². The monoisotopic (exact) mass is 290 g/mol. The van der Waals surface area contributed by atoms with E-state index in [1.165, 1.54) is 0 Å². The van der Waals surface area contributed by atoms with Crippen LogP contribution in [0.25, 0.3) is 22.3 Å². The Kier molecular flexibility index (Phi) is 3.05. The van der Waals surface area contributed by atoms with Crippen LogP contribution < -0.4 is 0 Å². The predicted octanol–water partition coefficient (Wildman–Crippen LogP) is 3.70. The Morgan fingerprint density at radius 1 is 1.05 bits per heavy atom. The molecule has 0 amide bonds. The molecule has 4 nitrogen and oxygen atoms in total. The van der Waals surface area contributed by atoms with E-state index >= 15 is 0 Å². The van der Waals surface area contributed by atoms with E-state index in [9.17, 15) is 0 Å². The molecule has 0 spiro atoms. The molecule has 0 atom stereocenters. The third kappa shape index (κ3) is 2.25. The lowest BCUT2D eigenvalue weighted by Gasteiger charge is -2.04. The Labute approximate surface area is 119 Å². The van der Waals surface area contributed by atoms with E-state index in [0.717, 1.165) is 11.1 Å². The van der Waals surface area contributed by atoms with Gasteiger partial charge in [0.25, 0.3) is 0 Å². The highest BCUT2D eigenvalue weighted by Gasteiger charge is 2.10. The lowest BCUT2D eigenvalue weighted by Crippen LogP contribution is -1.94. The molecule has 19 heavy (non-hydrogen) atoms. The molecule has 2 aromatic heterocycles. The molecule has 0 aliphatic carbocycles. The van der Waals surface area contributed by atoms with Gasteiger partial charge in [-0.15, -0.1) is 10.2 Å². The van der Waals surface area contributed by atoms with Crippen molar-refractivity contribution in [1.82, 2.24) is 20.2 Å². The van der Waals surface area contributed by atoms with Crippen molar-refractivity contribution in [3.05, 3.63) is 46.3 Å². The van der Waals surface area contributed by atoms with Crippen molar-refractivity contribution >= 4 is 34.1 Å². The molecule has 0 saturated carbocycles. The topological polar surface area (TPSA) is 51.6 Å². The first-order chi connectivity index (χ1) is 9.15. The summed E-state index contributed by atoms with van der Waals surface area (Å²) in [5, 5.41) is 8.54. The number of hydrogen-bond acceptors (Lipinski definition) is 4. The van der Waals surface area contributed by atoms with Crippen LogP contribution in [0.3, 0.4) is 0 Å². The Bertz CT molecular complexity index is 774. The second kappa shape index (κ2) is 4.72. The van der Waals surface area contributed by atoms with E-state index in [0.29, 0.717) is 16.7 Å². The van der Waals surface area contributed by atoms with Gasteiger partial charge >= 0.3 is 0 Å². The summed E-state index contributed by atoms with van der Waals surface area (Å²) >= 11 is 11.9. The van der Waals surface area contributed by atoms with Crippen LogP contribution in [0.5, 0.6) is 0 Å². The van der Waals surface area contributed by atoms with E-state index in [2.05, 4.69) is 20.2 Å². The molecule has 3 aromatic rings. The Morgan fingerprint density at radius 3 is 2.63 bits per heavy atom. The smallest absolute Gasteiger partial charge is 0.178 e. The molecular weight excluding hydrogens is 283 g/mol. The third-order valence-electron chi connectivity index (χ3n) is 2.71. The van der Waals surface area contributed by atoms with E-state index in [4.69, 9.17) is 23.2 Å². The summed E-state index contributed by atoms with van der Waals surface area (Å²) in [4.78, 5) is 8.72. The predicted molar refractivity (Wildman–Crippen MR) is 75.3 cm³/mol. The second-order valence-corrected chi connectivity index (χ2v) is 4.82. The quantitative estimate of drug-likeness (QED) is 0.686. The van der Waals surface area contributed by atoms with Crippen molar-refractivity contribution in [2.24, 2.45) is 0 Å². The molecule has 0 radical (unpaired) electrons. The van der Waals surface area contributed by atoms with Gasteiger partial charge in [0.15, 0.2) is 16.1 Å². The van der Waals surface area contributed by atoms with Crippen LogP contribution >= 0.6 is 23.2 Å². The molecule has 2 heterocycles. The normalized spacial score (nSPS) is 10.9. The lowest BCUT2D eigenvalue weighted by molar-refractivity contribution is 1.04. The highest BCUT2D eigenvalue weighted by Crippen LogP contribution is 2.26. The minimum atomic E-state index is 0.218. The van der Waals surface area contributed by atoms with Crippen molar-refractivity contribution in [3.8, 4) is 11.4 Å². The number of fused-ring (bicyclic) bond motifs is 1. The van der Waals surface area contributed by atoms with E-state index in [-0.39, 0.29) is 10.3 Å². The van der Waals surface area contributed by atoms with Crippen LogP contribution in [-0.4, -0.2) is 20.2 Å². The van der Waals surface area contributed by atoms with Gasteiger partial charge in [0, 0.05) is 11.8 Å². The molecule has 0 fully saturated rings. The number of halogens is 2. The van der Waals surface area contributed by atoms with Gasteiger partial charge in [0.05, 0.1) is 5.39 Å². The second-order valence-electron chi connectivity index (χ2n) is 4.11. The fourth-order valence-electron chi connectivity index (χ4n) is 1.80. The van der Waals surface area contributed by atoms with Gasteiger partial charge in [-0.2, -0.15) is 0 Å². The van der Waals surface area contributed by atoms with Crippen LogP contribution in [-0.2, 0) is 0 Å². The summed E-state index contributed by atoms with van der Waals surface area (Å²) < 4.78 is 0. The number of nitrogens with zero attached hydrogens (tertiary/aromatic N) is 4. The van der Waals surface area contributed by atoms with Gasteiger partial charge in [0.2, 0.25) is 0 Å². The summed E-state index contributed by atoms with van der Waals surface area (Å²) in [6.07, 6.45) is 1.61. The maximum absolute atomic E-state index is 6.00. The van der Waals surface area contributed by atoms with Crippen molar-refractivity contribution in [2.45, 2.75) is 6.92 Å². The molecule has 1 aromatic carbocycles. The maximum atomic E-state index is 6.00. The fourth-order valence-corrected chi connectivity index (χ4v) is 2.16. The number of hydrogen-bond donors (Lipinski definition) is 0. The molecule has 94 valence electrons. The van der Waals surface area contributed by atoms with E-state index in [1.54, 1.807) is 6.20 Å². The summed E-state index contributed by atoms with van der Waals surface area (Å²) in [7, 11) is 0. The van der Waals surface area contributed by atoms with E-state index < -0.39 is 0 Å². The number of benzene rings is 1. The van der Waals surface area contributed by atoms with Gasteiger partial charge in [-0.3, -0.25) is 0 Å². The van der Waals surface area contributed by atoms with Gasteiger partial charge in [0.1, 0.15) is 5.52 Å². The third-order valence-corrected chi connectivity index (χ3v) is 3.24. The highest BCUT2D eigenvalue weighted by molar-refractivity contribution is 6.37. The number of rotatable bonds is 1. The van der Waals surface area contributed by atoms with Crippen molar-refractivity contribution in [2.75, 3.05) is 0 Å². The van der Waals surface area contributed by atoms with Crippen LogP contribution in [0.1, 0.15) is 5.56 Å². The van der Waals surface area contributed by atoms with Crippen molar-refractivity contribution in [1.29, 1.82) is 0 Å². The van der Waals surface area contributed by atoms with Crippen LogP contribution in [0.2, 0.25) is 10.3 Å². The minimum absolute atomic E-state index is 0.218. The average molecular weight is 291 g/mol. The standard InChI is InChI=1S/C13H8Cl2N4/c1-7-3-2-4-8(5-7)13-16-6-9-10(17-13)12(15)19-18-11(9)14/h2-6H,1H3. The summed E-state index contributed by atoms with van der Waals surface area (Å²) in [6.45, 7) is 2.01. The van der Waals surface area contributed by atoms with Crippen molar-refractivity contribution in [3.63, 3.8) is 0 Å². The lowest BCUT2D eigenvalue weighted by atomic mass is 10.1. The molecular formula is C13H8Cl2N4. The summed E-state index contributed by atoms with van der Waals surface area (Å²) in [5.41, 5.74) is 2.57. The zero-order valence-electron chi connectivity index (χ0n) is 9.93. The Hall–Kier alpha value is -1.78. The SMILES string of the molecule is Cc1cccc(-c2ncc3c(Cl)nnc(Cl)c3n2)c1. The van der Waals surface area contributed by atoms with Gasteiger partial charge in [-0.05, 0) is 13.0 Å². The summed E-state index contributed by atoms with van der Waals surface area (Å²) in [6, 6.07) is 7.92. The molecule has 0 N–H and O–H groups in total. The molecule has 0 bridgehead atoms. The first-order valence-corrected chi connectivity index (χ1v) is 6.32. The van der Waals surface area contributed by atoms with Crippen LogP contribution in [0, 0.1) is 6.92 Å². The molecule has 0 aliphatic heterocycles. The fraction of sp³-hybridized carbons (Fsp3) is 0.0769. The summed E-state index contributed by atoms with van der Waals surface area (Å²) in [5.74, 6) is 0.585. The largest absolute Gasteiger partial charge is 0.236 e. The molecule has 0 aliphatic rings. The molecule has 6 heteroatoms. The first kappa shape index (κ1) is 12.3. The minimum Gasteiger partial charge on any atom is -0.236 e. The van der Waals surface area contributed by atoms with E-state index in [1.807, 2.05) is 31.2 Å². The Balaban J connectivity index is 2.25. The van der Waals surface area contributed by atoms with Crippen LogP contribution in [0.4, 0.5) is 0 Å². The Morgan fingerprint density at radius 2 is 1.84 bits per heavy atom. The molecule has 3 rings (SSSR count). The number of aryl methyl sites for hydroxylation is 1. The zero-order valence-corrected chi connectivity index (χ0v) is 11.4. The van der Waals surface area contributed by atoms with Gasteiger partial charge in [-0.1, -0.05) is 47.0 Å². The van der Waals surface area contributed by atoms with Crippen molar-refractivity contribution < 1.29 is 0 Å². The zero-order chi connectivity index (χ0) is 13.4. The highest BCUT2D eigenvalue weighted by atomic mass is 35.5. The first-order valence-electron chi connectivity index (χ1n) is 5.56. The molecule has 0 saturated heterocycles. The number of aromatic nitrogens is 4. The molecule has 0 unspecified atom stereocenters. The maximum Gasteiger partial charge on any atom is 0.178 e.